The van der Waals surface area contributed by atoms with Crippen molar-refractivity contribution in [1.82, 2.24) is 5.32 Å². The van der Waals surface area contributed by atoms with E-state index in [1.807, 2.05) is 78.9 Å². The van der Waals surface area contributed by atoms with Gasteiger partial charge in [0.15, 0.2) is 11.6 Å². The van der Waals surface area contributed by atoms with E-state index in [0.717, 1.165) is 16.7 Å². The van der Waals surface area contributed by atoms with E-state index >= 15 is 0 Å². The van der Waals surface area contributed by atoms with Crippen LogP contribution in [0, 0.1) is 0 Å². The Balaban J connectivity index is 1.44. The van der Waals surface area contributed by atoms with E-state index < -0.39 is 17.6 Å². The fourth-order valence-corrected chi connectivity index (χ4v) is 6.33. The summed E-state index contributed by atoms with van der Waals surface area (Å²) < 4.78 is 12.4. The number of azide groups is 1. The van der Waals surface area contributed by atoms with Crippen molar-refractivity contribution in [3.05, 3.63) is 164 Å². The molecule has 252 valence electrons. The third-order valence-corrected chi connectivity index (χ3v) is 9.00. The Morgan fingerprint density at radius 2 is 1.60 bits per heavy atom. The largest absolute Gasteiger partial charge is 0.494 e. The van der Waals surface area contributed by atoms with Crippen LogP contribution in [0.5, 0.6) is 5.75 Å². The van der Waals surface area contributed by atoms with Crippen molar-refractivity contribution in [2.75, 3.05) is 13.2 Å². The van der Waals surface area contributed by atoms with Gasteiger partial charge < -0.3 is 19.9 Å². The summed E-state index contributed by atoms with van der Waals surface area (Å²) in [7, 11) is 0. The number of nitrogens with zero attached hydrogens (tertiary/aromatic N) is 4. The predicted molar refractivity (Wildman–Crippen MR) is 196 cm³/mol. The summed E-state index contributed by atoms with van der Waals surface area (Å²) >= 11 is 12.6. The van der Waals surface area contributed by atoms with Crippen molar-refractivity contribution >= 4 is 40.7 Å². The number of aliphatic hydroxyl groups excluding tert-OH is 1. The van der Waals surface area contributed by atoms with Gasteiger partial charge in [-0.1, -0.05) is 113 Å². The molecule has 1 aliphatic rings. The molecule has 0 fully saturated rings. The lowest BCUT2D eigenvalue weighted by atomic mass is 9.81. The number of benzene rings is 5. The van der Waals surface area contributed by atoms with E-state index in [1.54, 1.807) is 42.5 Å². The molecule has 0 aliphatic carbocycles. The smallest absolute Gasteiger partial charge is 0.252 e. The zero-order chi connectivity index (χ0) is 34.9. The van der Waals surface area contributed by atoms with E-state index in [-0.39, 0.29) is 25.5 Å². The maximum atomic E-state index is 14.7. The van der Waals surface area contributed by atoms with Gasteiger partial charge in [0, 0.05) is 52.2 Å². The molecule has 5 aromatic carbocycles. The lowest BCUT2D eigenvalue weighted by Crippen LogP contribution is -2.49. The molecule has 11 heteroatoms. The van der Waals surface area contributed by atoms with Gasteiger partial charge in [0.2, 0.25) is 5.90 Å². The number of hydrogen-bond donors (Lipinski definition) is 2. The van der Waals surface area contributed by atoms with Gasteiger partial charge in [-0.2, -0.15) is 0 Å². The van der Waals surface area contributed by atoms with Crippen LogP contribution in [0.15, 0.2) is 131 Å². The lowest BCUT2D eigenvalue weighted by Gasteiger charge is -2.31. The summed E-state index contributed by atoms with van der Waals surface area (Å²) in [4.78, 5) is 22.9. The van der Waals surface area contributed by atoms with Gasteiger partial charge in [-0.3, -0.25) is 4.79 Å². The van der Waals surface area contributed by atoms with Crippen LogP contribution >= 0.6 is 23.2 Å². The average molecular weight is 707 g/mol. The van der Waals surface area contributed by atoms with Gasteiger partial charge in [0.1, 0.15) is 5.75 Å². The highest BCUT2D eigenvalue weighted by Gasteiger charge is 2.53. The number of hydrogen-bond acceptors (Lipinski definition) is 6. The van der Waals surface area contributed by atoms with Crippen molar-refractivity contribution in [3.63, 3.8) is 0 Å². The van der Waals surface area contributed by atoms with Gasteiger partial charge in [-0.15, -0.1) is 0 Å². The number of carbonyl (C=O) groups excluding carboxylic acids is 1. The number of amides is 1. The molecule has 1 heterocycles. The molecule has 6 rings (SSSR count). The highest BCUT2D eigenvalue weighted by Crippen LogP contribution is 2.44. The number of carbonyl (C=O) groups is 1. The van der Waals surface area contributed by atoms with Crippen LogP contribution in [0.3, 0.4) is 0 Å². The Morgan fingerprint density at radius 1 is 0.900 bits per heavy atom. The molecule has 0 bridgehead atoms. The number of aliphatic hydroxyl groups is 1. The molecule has 0 unspecified atom stereocenters. The number of aliphatic imine (C=N–C) groups is 1. The Bertz CT molecular complexity index is 2030. The summed E-state index contributed by atoms with van der Waals surface area (Å²) in [6, 6.07) is 37.3. The molecule has 0 radical (unpaired) electrons. The SMILES string of the molecule is [N-]=[N+]=Nc1ccccc1C[C@@]1(C(=O)NCc2ccc(Cl)cc2Cl)N=C(c2ccc(OCCCO)cc2)O[C@@H]1c1ccc(-c2ccccc2)cc1. The summed E-state index contributed by atoms with van der Waals surface area (Å²) in [6.07, 6.45) is -0.305. The Morgan fingerprint density at radius 3 is 2.32 bits per heavy atom. The fraction of sp³-hybridized carbons (Fsp3) is 0.179. The molecular weight excluding hydrogens is 673 g/mol. The third-order valence-electron chi connectivity index (χ3n) is 8.41. The fourth-order valence-electron chi connectivity index (χ4n) is 5.85. The standard InChI is InChI=1S/C39H33Cl2N5O4/c40-32-18-15-31(34(41)23-32)25-43-38(48)39(24-30-9-4-5-10-35(30)45-46-42)36(28-13-11-27(12-14-28)26-7-2-1-3-8-26)50-37(44-39)29-16-19-33(20-17-29)49-22-6-21-47/h1-5,7-20,23,36,47H,6,21-22,24-25H2,(H,43,48)/t36-,39-/m1/s1. The van der Waals surface area contributed by atoms with E-state index in [0.29, 0.717) is 51.2 Å². The predicted octanol–water partition coefficient (Wildman–Crippen LogP) is 9.18. The van der Waals surface area contributed by atoms with E-state index in [2.05, 4.69) is 15.3 Å². The number of halogens is 2. The molecule has 5 aromatic rings. The van der Waals surface area contributed by atoms with Gasteiger partial charge in [-0.25, -0.2) is 4.99 Å². The Kier molecular flexibility index (Phi) is 11.0. The van der Waals surface area contributed by atoms with Gasteiger partial charge in [0.05, 0.1) is 6.61 Å². The van der Waals surface area contributed by atoms with Crippen molar-refractivity contribution in [2.24, 2.45) is 10.1 Å². The summed E-state index contributed by atoms with van der Waals surface area (Å²) in [5, 5.41) is 17.0. The van der Waals surface area contributed by atoms with Gasteiger partial charge >= 0.3 is 0 Å². The minimum Gasteiger partial charge on any atom is -0.494 e. The topological polar surface area (TPSA) is 129 Å². The first-order valence-corrected chi connectivity index (χ1v) is 16.8. The van der Waals surface area contributed by atoms with Crippen LogP contribution in [-0.4, -0.2) is 35.7 Å². The van der Waals surface area contributed by atoms with E-state index in [4.69, 9.17) is 42.8 Å². The van der Waals surface area contributed by atoms with Crippen LogP contribution in [0.2, 0.25) is 10.0 Å². The molecule has 0 saturated heterocycles. The second-order valence-corrected chi connectivity index (χ2v) is 12.5. The number of rotatable bonds is 13. The number of ether oxygens (including phenoxy) is 2. The van der Waals surface area contributed by atoms with Crippen molar-refractivity contribution in [2.45, 2.75) is 31.0 Å². The highest BCUT2D eigenvalue weighted by molar-refractivity contribution is 6.35. The first-order valence-electron chi connectivity index (χ1n) is 16.0. The Labute approximate surface area is 299 Å². The molecule has 1 amide bonds. The molecule has 2 atom stereocenters. The molecule has 0 spiro atoms. The summed E-state index contributed by atoms with van der Waals surface area (Å²) in [5.74, 6) is 0.487. The minimum atomic E-state index is -1.54. The summed E-state index contributed by atoms with van der Waals surface area (Å²) in [5.41, 5.74) is 12.9. The molecule has 0 saturated carbocycles. The van der Waals surface area contributed by atoms with Crippen LogP contribution in [-0.2, 0) is 22.5 Å². The molecule has 9 nitrogen and oxygen atoms in total. The van der Waals surface area contributed by atoms with Crippen LogP contribution in [0.4, 0.5) is 5.69 Å². The third kappa shape index (κ3) is 7.77. The molecule has 50 heavy (non-hydrogen) atoms. The van der Waals surface area contributed by atoms with Crippen molar-refractivity contribution < 1.29 is 19.4 Å². The second-order valence-electron chi connectivity index (χ2n) is 11.7. The normalized spacial score (nSPS) is 16.5. The van der Waals surface area contributed by atoms with Crippen LogP contribution < -0.4 is 10.1 Å². The van der Waals surface area contributed by atoms with Crippen LogP contribution in [0.1, 0.15) is 34.8 Å². The summed E-state index contributed by atoms with van der Waals surface area (Å²) in [6.45, 7) is 0.520. The number of nitrogens with one attached hydrogen (secondary N) is 1. The maximum absolute atomic E-state index is 14.7. The van der Waals surface area contributed by atoms with Crippen molar-refractivity contribution in [3.8, 4) is 16.9 Å². The van der Waals surface area contributed by atoms with Crippen LogP contribution in [0.25, 0.3) is 21.6 Å². The van der Waals surface area contributed by atoms with Gasteiger partial charge in [0.25, 0.3) is 5.91 Å². The molecule has 2 N–H and O–H groups in total. The lowest BCUT2D eigenvalue weighted by molar-refractivity contribution is -0.129. The maximum Gasteiger partial charge on any atom is 0.252 e. The zero-order valence-corrected chi connectivity index (χ0v) is 28.4. The van der Waals surface area contributed by atoms with E-state index in [1.165, 1.54) is 0 Å². The monoisotopic (exact) mass is 705 g/mol. The minimum absolute atomic E-state index is 0.0353. The van der Waals surface area contributed by atoms with Gasteiger partial charge in [-0.05, 0) is 69.7 Å². The van der Waals surface area contributed by atoms with E-state index in [9.17, 15) is 10.3 Å². The first kappa shape index (κ1) is 34.5. The molecular formula is C39H33Cl2N5O4. The molecule has 1 aliphatic heterocycles. The second kappa shape index (κ2) is 15.9. The highest BCUT2D eigenvalue weighted by atomic mass is 35.5. The first-order chi connectivity index (χ1) is 24.4. The quantitative estimate of drug-likeness (QED) is 0.0548. The average Bonchev–Trinajstić information content (AvgIpc) is 3.53. The molecule has 0 aromatic heterocycles. The Hall–Kier alpha value is -5.31. The zero-order valence-electron chi connectivity index (χ0n) is 26.9. The van der Waals surface area contributed by atoms with Crippen molar-refractivity contribution in [1.29, 1.82) is 0 Å².